The predicted octanol–water partition coefficient (Wildman–Crippen LogP) is 3.60. The van der Waals surface area contributed by atoms with Gasteiger partial charge in [-0.1, -0.05) is 52.8 Å². The lowest BCUT2D eigenvalue weighted by molar-refractivity contribution is 0.280. The summed E-state index contributed by atoms with van der Waals surface area (Å²) < 4.78 is 0. The maximum atomic E-state index is 9.36. The molecule has 1 heteroatoms. The van der Waals surface area contributed by atoms with Gasteiger partial charge in [-0.3, -0.25) is 0 Å². The van der Waals surface area contributed by atoms with Crippen LogP contribution in [0.1, 0.15) is 57.2 Å². The lowest BCUT2D eigenvalue weighted by atomic mass is 9.84. The molecule has 1 N–H and O–H groups in total. The van der Waals surface area contributed by atoms with Gasteiger partial charge in [0.05, 0.1) is 6.61 Å². The van der Waals surface area contributed by atoms with E-state index >= 15 is 0 Å². The molecule has 0 atom stereocenters. The van der Waals surface area contributed by atoms with Crippen LogP contribution in [0, 0.1) is 0 Å². The van der Waals surface area contributed by atoms with Crippen LogP contribution < -0.4 is 0 Å². The first-order chi connectivity index (χ1) is 6.86. The molecule has 0 aliphatic carbocycles. The standard InChI is InChI=1S/C14H22O/c1-10(2)13-7-6-12(14(3,4)5)8-11(13)9-15/h6-8,10,15H,9H2,1-5H3. The maximum Gasteiger partial charge on any atom is 0.0684 e. The molecule has 1 rings (SSSR count). The average Bonchev–Trinajstić information content (AvgIpc) is 2.15. The van der Waals surface area contributed by atoms with Crippen molar-refractivity contribution in [2.75, 3.05) is 0 Å². The van der Waals surface area contributed by atoms with Crippen LogP contribution in [0.2, 0.25) is 0 Å². The summed E-state index contributed by atoms with van der Waals surface area (Å²) in [5.41, 5.74) is 3.76. The van der Waals surface area contributed by atoms with Crippen LogP contribution in [0.5, 0.6) is 0 Å². The Morgan fingerprint density at radius 2 is 1.80 bits per heavy atom. The molecule has 1 aromatic rings. The summed E-state index contributed by atoms with van der Waals surface area (Å²) in [6, 6.07) is 6.46. The molecule has 0 unspecified atom stereocenters. The number of hydrogen-bond acceptors (Lipinski definition) is 1. The van der Waals surface area contributed by atoms with Crippen LogP contribution in [0.3, 0.4) is 0 Å². The van der Waals surface area contributed by atoms with E-state index in [0.29, 0.717) is 5.92 Å². The van der Waals surface area contributed by atoms with Crippen molar-refractivity contribution in [1.29, 1.82) is 0 Å². The molecule has 0 saturated carbocycles. The highest BCUT2D eigenvalue weighted by Gasteiger charge is 2.15. The second-order valence-electron chi connectivity index (χ2n) is 5.48. The third-order valence-corrected chi connectivity index (χ3v) is 2.80. The number of rotatable bonds is 2. The van der Waals surface area contributed by atoms with Gasteiger partial charge in [0.25, 0.3) is 0 Å². The van der Waals surface area contributed by atoms with Crippen molar-refractivity contribution in [3.63, 3.8) is 0 Å². The monoisotopic (exact) mass is 206 g/mol. The van der Waals surface area contributed by atoms with Gasteiger partial charge in [-0.2, -0.15) is 0 Å². The van der Waals surface area contributed by atoms with Gasteiger partial charge in [-0.15, -0.1) is 0 Å². The average molecular weight is 206 g/mol. The van der Waals surface area contributed by atoms with Crippen molar-refractivity contribution < 1.29 is 5.11 Å². The topological polar surface area (TPSA) is 20.2 Å². The second kappa shape index (κ2) is 4.36. The fourth-order valence-electron chi connectivity index (χ4n) is 1.77. The molecule has 1 aromatic carbocycles. The Labute approximate surface area is 93.1 Å². The second-order valence-corrected chi connectivity index (χ2v) is 5.48. The van der Waals surface area contributed by atoms with Crippen LogP contribution in [-0.2, 0) is 12.0 Å². The fraction of sp³-hybridized carbons (Fsp3) is 0.571. The van der Waals surface area contributed by atoms with Gasteiger partial charge < -0.3 is 5.11 Å². The summed E-state index contributed by atoms with van der Waals surface area (Å²) >= 11 is 0. The Bertz CT molecular complexity index is 332. The Kier molecular flexibility index (Phi) is 3.56. The first kappa shape index (κ1) is 12.3. The van der Waals surface area contributed by atoms with E-state index in [1.807, 2.05) is 0 Å². The zero-order valence-electron chi connectivity index (χ0n) is 10.5. The van der Waals surface area contributed by atoms with Gasteiger partial charge in [0.2, 0.25) is 0 Å². The fourth-order valence-corrected chi connectivity index (χ4v) is 1.77. The van der Waals surface area contributed by atoms with Crippen LogP contribution in [0.15, 0.2) is 18.2 Å². The molecule has 0 fully saturated rings. The predicted molar refractivity (Wildman–Crippen MR) is 65.2 cm³/mol. The van der Waals surface area contributed by atoms with Crippen molar-refractivity contribution in [2.45, 2.75) is 52.6 Å². The van der Waals surface area contributed by atoms with Crippen LogP contribution in [-0.4, -0.2) is 5.11 Å². The zero-order valence-corrected chi connectivity index (χ0v) is 10.5. The van der Waals surface area contributed by atoms with Crippen molar-refractivity contribution in [3.05, 3.63) is 34.9 Å². The van der Waals surface area contributed by atoms with E-state index in [2.05, 4.69) is 52.8 Å². The summed E-state index contributed by atoms with van der Waals surface area (Å²) in [4.78, 5) is 0. The van der Waals surface area contributed by atoms with E-state index in [1.54, 1.807) is 0 Å². The highest BCUT2D eigenvalue weighted by atomic mass is 16.3. The number of benzene rings is 1. The number of aliphatic hydroxyl groups excluding tert-OH is 1. The highest BCUT2D eigenvalue weighted by Crippen LogP contribution is 2.27. The minimum atomic E-state index is 0.136. The molecular formula is C14H22O. The lowest BCUT2D eigenvalue weighted by Crippen LogP contribution is -2.12. The molecule has 0 heterocycles. The van der Waals surface area contributed by atoms with Gasteiger partial charge in [0.1, 0.15) is 0 Å². The normalized spacial score (nSPS) is 12.2. The van der Waals surface area contributed by atoms with E-state index in [-0.39, 0.29) is 12.0 Å². The smallest absolute Gasteiger partial charge is 0.0684 e. The molecule has 0 saturated heterocycles. The minimum Gasteiger partial charge on any atom is -0.392 e. The summed E-state index contributed by atoms with van der Waals surface area (Å²) in [5.74, 6) is 0.473. The van der Waals surface area contributed by atoms with Crippen LogP contribution in [0.25, 0.3) is 0 Å². The third-order valence-electron chi connectivity index (χ3n) is 2.80. The Hall–Kier alpha value is -0.820. The van der Waals surface area contributed by atoms with Crippen molar-refractivity contribution in [1.82, 2.24) is 0 Å². The number of hydrogen-bond donors (Lipinski definition) is 1. The molecule has 0 aliphatic rings. The largest absolute Gasteiger partial charge is 0.392 e. The summed E-state index contributed by atoms with van der Waals surface area (Å²) in [7, 11) is 0. The van der Waals surface area contributed by atoms with E-state index in [9.17, 15) is 5.11 Å². The molecular weight excluding hydrogens is 184 g/mol. The van der Waals surface area contributed by atoms with Gasteiger partial charge in [0.15, 0.2) is 0 Å². The third kappa shape index (κ3) is 2.82. The van der Waals surface area contributed by atoms with E-state index in [0.717, 1.165) is 5.56 Å². The summed E-state index contributed by atoms with van der Waals surface area (Å²) in [5, 5.41) is 9.36. The van der Waals surface area contributed by atoms with E-state index < -0.39 is 0 Å². The first-order valence-electron chi connectivity index (χ1n) is 5.60. The SMILES string of the molecule is CC(C)c1ccc(C(C)(C)C)cc1CO. The lowest BCUT2D eigenvalue weighted by Gasteiger charge is -2.22. The van der Waals surface area contributed by atoms with Crippen molar-refractivity contribution in [2.24, 2.45) is 0 Å². The van der Waals surface area contributed by atoms with E-state index in [1.165, 1.54) is 11.1 Å². The molecule has 0 aliphatic heterocycles. The molecule has 15 heavy (non-hydrogen) atoms. The van der Waals surface area contributed by atoms with Crippen LogP contribution in [0.4, 0.5) is 0 Å². The Morgan fingerprint density at radius 3 is 2.20 bits per heavy atom. The zero-order chi connectivity index (χ0) is 11.6. The Morgan fingerprint density at radius 1 is 1.20 bits per heavy atom. The molecule has 0 amide bonds. The maximum absolute atomic E-state index is 9.36. The van der Waals surface area contributed by atoms with Crippen molar-refractivity contribution >= 4 is 0 Å². The molecule has 1 nitrogen and oxygen atoms in total. The first-order valence-corrected chi connectivity index (χ1v) is 5.60. The minimum absolute atomic E-state index is 0.136. The number of aliphatic hydroxyl groups is 1. The highest BCUT2D eigenvalue weighted by molar-refractivity contribution is 5.36. The van der Waals surface area contributed by atoms with Gasteiger partial charge in [-0.05, 0) is 28.0 Å². The molecule has 84 valence electrons. The summed E-state index contributed by atoms with van der Waals surface area (Å²) in [6.07, 6.45) is 0. The van der Waals surface area contributed by atoms with E-state index in [4.69, 9.17) is 0 Å². The Balaban J connectivity index is 3.19. The molecule has 0 spiro atoms. The van der Waals surface area contributed by atoms with Gasteiger partial charge in [0, 0.05) is 0 Å². The van der Waals surface area contributed by atoms with Gasteiger partial charge in [-0.25, -0.2) is 0 Å². The van der Waals surface area contributed by atoms with Crippen LogP contribution >= 0.6 is 0 Å². The van der Waals surface area contributed by atoms with Crippen molar-refractivity contribution in [3.8, 4) is 0 Å². The molecule has 0 radical (unpaired) electrons. The quantitative estimate of drug-likeness (QED) is 0.784. The summed E-state index contributed by atoms with van der Waals surface area (Å²) in [6.45, 7) is 11.0. The van der Waals surface area contributed by atoms with Gasteiger partial charge >= 0.3 is 0 Å². The molecule has 0 aromatic heterocycles. The molecule has 0 bridgehead atoms.